The summed E-state index contributed by atoms with van der Waals surface area (Å²) < 4.78 is 24.1. The van der Waals surface area contributed by atoms with Gasteiger partial charge in [0, 0.05) is 25.1 Å². The molecule has 5 nitrogen and oxygen atoms in total. The minimum absolute atomic E-state index is 0.138. The van der Waals surface area contributed by atoms with Gasteiger partial charge < -0.3 is 19.6 Å². The van der Waals surface area contributed by atoms with Crippen molar-refractivity contribution in [1.82, 2.24) is 5.32 Å². The zero-order valence-corrected chi connectivity index (χ0v) is 12.8. The van der Waals surface area contributed by atoms with Crippen molar-refractivity contribution in [3.8, 4) is 0 Å². The smallest absolute Gasteiger partial charge is 0.308 e. The first-order chi connectivity index (χ1) is 11.1. The number of carboxylic acids is 1. The summed E-state index contributed by atoms with van der Waals surface area (Å²) in [6, 6.07) is 6.14. The number of hydrogen-bond acceptors (Lipinski definition) is 4. The molecule has 23 heavy (non-hydrogen) atoms. The molecule has 0 spiro atoms. The summed E-state index contributed by atoms with van der Waals surface area (Å²) in [7, 11) is 0. The van der Waals surface area contributed by atoms with E-state index in [9.17, 15) is 14.3 Å². The lowest BCUT2D eigenvalue weighted by Crippen LogP contribution is -2.36. The number of carbonyl (C=O) groups is 1. The third-order valence-corrected chi connectivity index (χ3v) is 4.35. The van der Waals surface area contributed by atoms with Crippen LogP contribution in [0.2, 0.25) is 0 Å². The van der Waals surface area contributed by atoms with Crippen LogP contribution < -0.4 is 5.32 Å². The predicted molar refractivity (Wildman–Crippen MR) is 82.5 cm³/mol. The van der Waals surface area contributed by atoms with E-state index in [4.69, 9.17) is 9.15 Å². The van der Waals surface area contributed by atoms with Crippen LogP contribution in [-0.2, 0) is 16.1 Å². The molecule has 0 bridgehead atoms. The quantitative estimate of drug-likeness (QED) is 0.856. The number of hydrogen-bond donors (Lipinski definition) is 2. The van der Waals surface area contributed by atoms with Gasteiger partial charge in [0.05, 0.1) is 12.5 Å². The van der Waals surface area contributed by atoms with Gasteiger partial charge in [-0.1, -0.05) is 0 Å². The molecule has 1 atom stereocenters. The average Bonchev–Trinajstić information content (AvgIpc) is 2.94. The van der Waals surface area contributed by atoms with Crippen LogP contribution >= 0.6 is 0 Å². The second-order valence-electron chi connectivity index (χ2n) is 5.92. The van der Waals surface area contributed by atoms with Crippen molar-refractivity contribution in [3.05, 3.63) is 35.8 Å². The molecule has 0 saturated carbocycles. The van der Waals surface area contributed by atoms with E-state index in [1.807, 2.05) is 0 Å². The highest BCUT2D eigenvalue weighted by Gasteiger charge is 2.29. The first-order valence-electron chi connectivity index (χ1n) is 7.83. The molecule has 124 valence electrons. The van der Waals surface area contributed by atoms with E-state index in [2.05, 4.69) is 5.32 Å². The number of nitrogens with one attached hydrogen (secondary N) is 1. The molecule has 0 aliphatic carbocycles. The van der Waals surface area contributed by atoms with Crippen LogP contribution in [-0.4, -0.2) is 30.8 Å². The van der Waals surface area contributed by atoms with Crippen LogP contribution in [0.3, 0.4) is 0 Å². The number of carboxylic acid groups (broad SMARTS) is 1. The van der Waals surface area contributed by atoms with Gasteiger partial charge in [-0.3, -0.25) is 4.79 Å². The summed E-state index contributed by atoms with van der Waals surface area (Å²) in [6.45, 7) is 2.06. The van der Waals surface area contributed by atoms with Gasteiger partial charge in [-0.25, -0.2) is 4.39 Å². The Bertz CT molecular complexity index is 678. The van der Waals surface area contributed by atoms with E-state index in [-0.39, 0.29) is 11.7 Å². The largest absolute Gasteiger partial charge is 0.481 e. The maximum absolute atomic E-state index is 13.2. The molecule has 1 aliphatic rings. The topological polar surface area (TPSA) is 71.7 Å². The monoisotopic (exact) mass is 321 g/mol. The Kier molecular flexibility index (Phi) is 4.93. The molecule has 1 fully saturated rings. The molecular formula is C17H20FNO4. The van der Waals surface area contributed by atoms with E-state index in [0.717, 1.165) is 12.8 Å². The summed E-state index contributed by atoms with van der Waals surface area (Å²) in [6.07, 6.45) is 1.56. The van der Waals surface area contributed by atoms with Gasteiger partial charge in [-0.05, 0) is 43.0 Å². The minimum Gasteiger partial charge on any atom is -0.481 e. The molecule has 1 aromatic carbocycles. The fraction of sp³-hybridized carbons (Fsp3) is 0.471. The molecule has 1 aromatic heterocycles. The Labute approximate surface area is 133 Å². The molecule has 1 saturated heterocycles. The third kappa shape index (κ3) is 3.89. The Morgan fingerprint density at radius 2 is 2.13 bits per heavy atom. The van der Waals surface area contributed by atoms with Gasteiger partial charge in [-0.15, -0.1) is 0 Å². The number of halogens is 1. The Morgan fingerprint density at radius 1 is 1.35 bits per heavy atom. The van der Waals surface area contributed by atoms with E-state index in [0.29, 0.717) is 43.0 Å². The number of benzene rings is 1. The van der Waals surface area contributed by atoms with Crippen LogP contribution in [0.1, 0.15) is 18.6 Å². The van der Waals surface area contributed by atoms with Crippen LogP contribution in [0.15, 0.2) is 28.7 Å². The lowest BCUT2D eigenvalue weighted by Gasteiger charge is -2.27. The van der Waals surface area contributed by atoms with Crippen LogP contribution in [0.25, 0.3) is 11.0 Å². The Morgan fingerprint density at radius 3 is 2.87 bits per heavy atom. The van der Waals surface area contributed by atoms with Gasteiger partial charge >= 0.3 is 5.97 Å². The molecule has 0 amide bonds. The van der Waals surface area contributed by atoms with Gasteiger partial charge in [0.2, 0.25) is 0 Å². The molecule has 0 radical (unpaired) electrons. The van der Waals surface area contributed by atoms with E-state index in [1.165, 1.54) is 12.1 Å². The number of fused-ring (bicyclic) bond motifs is 1. The third-order valence-electron chi connectivity index (χ3n) is 4.35. The van der Waals surface area contributed by atoms with Crippen molar-refractivity contribution in [3.63, 3.8) is 0 Å². The fourth-order valence-electron chi connectivity index (χ4n) is 3.08. The Balaban J connectivity index is 1.58. The van der Waals surface area contributed by atoms with Gasteiger partial charge in [0.25, 0.3) is 0 Å². The highest BCUT2D eigenvalue weighted by molar-refractivity contribution is 5.77. The van der Waals surface area contributed by atoms with E-state index in [1.54, 1.807) is 12.1 Å². The first kappa shape index (κ1) is 16.0. The molecule has 6 heteroatoms. The standard InChI is InChI=1S/C17H20FNO4/c18-13-1-2-16-12(7-13)8-14(23-16)9-19-10-15(17(20)21)11-3-5-22-6-4-11/h1-2,7-8,11,15,19H,3-6,9-10H2,(H,20,21). The SMILES string of the molecule is O=C(O)C(CNCc1cc2cc(F)ccc2o1)C1CCOCC1. The highest BCUT2D eigenvalue weighted by atomic mass is 19.1. The van der Waals surface area contributed by atoms with Crippen LogP contribution in [0.5, 0.6) is 0 Å². The van der Waals surface area contributed by atoms with Crippen molar-refractivity contribution in [2.45, 2.75) is 19.4 Å². The van der Waals surface area contributed by atoms with Crippen LogP contribution in [0, 0.1) is 17.7 Å². The van der Waals surface area contributed by atoms with E-state index >= 15 is 0 Å². The second kappa shape index (κ2) is 7.10. The van der Waals surface area contributed by atoms with Crippen molar-refractivity contribution in [2.75, 3.05) is 19.8 Å². The fourth-order valence-corrected chi connectivity index (χ4v) is 3.08. The number of aliphatic carboxylic acids is 1. The van der Waals surface area contributed by atoms with Crippen molar-refractivity contribution < 1.29 is 23.4 Å². The van der Waals surface area contributed by atoms with Crippen LogP contribution in [0.4, 0.5) is 4.39 Å². The molecule has 1 aliphatic heterocycles. The summed E-state index contributed by atoms with van der Waals surface area (Å²) in [5, 5.41) is 13.3. The molecule has 2 aromatic rings. The van der Waals surface area contributed by atoms with Gasteiger partial charge in [0.1, 0.15) is 17.2 Å². The zero-order valence-electron chi connectivity index (χ0n) is 12.8. The maximum atomic E-state index is 13.2. The van der Waals surface area contributed by atoms with Crippen molar-refractivity contribution in [1.29, 1.82) is 0 Å². The Hall–Kier alpha value is -1.92. The average molecular weight is 321 g/mol. The second-order valence-corrected chi connectivity index (χ2v) is 5.92. The minimum atomic E-state index is -0.781. The number of rotatable bonds is 6. The predicted octanol–water partition coefficient (Wildman–Crippen LogP) is 2.79. The summed E-state index contributed by atoms with van der Waals surface area (Å²) in [4.78, 5) is 11.5. The molecule has 1 unspecified atom stereocenters. The molecule has 2 heterocycles. The van der Waals surface area contributed by atoms with Crippen molar-refractivity contribution in [2.24, 2.45) is 11.8 Å². The molecule has 3 rings (SSSR count). The lowest BCUT2D eigenvalue weighted by molar-refractivity contribution is -0.144. The number of ether oxygens (including phenoxy) is 1. The summed E-state index contributed by atoms with van der Waals surface area (Å²) in [5.41, 5.74) is 0.627. The maximum Gasteiger partial charge on any atom is 0.308 e. The summed E-state index contributed by atoms with van der Waals surface area (Å²) >= 11 is 0. The van der Waals surface area contributed by atoms with Crippen molar-refractivity contribution >= 4 is 16.9 Å². The van der Waals surface area contributed by atoms with E-state index < -0.39 is 11.9 Å². The molecular weight excluding hydrogens is 301 g/mol. The lowest BCUT2D eigenvalue weighted by atomic mass is 9.86. The molecule has 2 N–H and O–H groups in total. The number of furan rings is 1. The van der Waals surface area contributed by atoms with Gasteiger partial charge in [-0.2, -0.15) is 0 Å². The van der Waals surface area contributed by atoms with Gasteiger partial charge in [0.15, 0.2) is 0 Å². The normalized spacial score (nSPS) is 17.4. The first-order valence-corrected chi connectivity index (χ1v) is 7.83. The highest BCUT2D eigenvalue weighted by Crippen LogP contribution is 2.24. The summed E-state index contributed by atoms with van der Waals surface area (Å²) in [5.74, 6) is -0.708. The zero-order chi connectivity index (χ0) is 16.2.